The molecule has 0 spiro atoms. The summed E-state index contributed by atoms with van der Waals surface area (Å²) in [4.78, 5) is 4.53. The Hall–Kier alpha value is -2.41. The number of hydrogen-bond acceptors (Lipinski definition) is 5. The van der Waals surface area contributed by atoms with Crippen molar-refractivity contribution in [2.45, 2.75) is 44.8 Å². The second-order valence-corrected chi connectivity index (χ2v) is 6.78. The zero-order valence-electron chi connectivity index (χ0n) is 14.7. The summed E-state index contributed by atoms with van der Waals surface area (Å²) in [6, 6.07) is 2.39. The first-order valence-corrected chi connectivity index (χ1v) is 8.95. The summed E-state index contributed by atoms with van der Waals surface area (Å²) in [5, 5.41) is 23.4. The van der Waals surface area contributed by atoms with Gasteiger partial charge in [-0.2, -0.15) is 10.2 Å². The van der Waals surface area contributed by atoms with E-state index in [1.807, 2.05) is 25.6 Å². The number of aliphatic hydroxyl groups excluding tert-OH is 1. The minimum Gasteiger partial charge on any atom is -0.393 e. The molecule has 0 bridgehead atoms. The Labute approximate surface area is 146 Å². The summed E-state index contributed by atoms with van der Waals surface area (Å²) in [6.45, 7) is 2.89. The molecule has 7 nitrogen and oxygen atoms in total. The predicted octanol–water partition coefficient (Wildman–Crippen LogP) is 2.74. The monoisotopic (exact) mass is 340 g/mol. The molecule has 1 fully saturated rings. The Bertz CT molecular complexity index is 875. The summed E-state index contributed by atoms with van der Waals surface area (Å²) in [7, 11) is 1.91. The number of pyridine rings is 1. The minimum atomic E-state index is -0.171. The molecule has 0 aliphatic heterocycles. The Morgan fingerprint density at radius 3 is 2.72 bits per heavy atom. The number of nitrogens with zero attached hydrogens (tertiary/aromatic N) is 5. The highest BCUT2D eigenvalue weighted by molar-refractivity contribution is 5.93. The van der Waals surface area contributed by atoms with E-state index in [2.05, 4.69) is 33.1 Å². The third kappa shape index (κ3) is 3.00. The van der Waals surface area contributed by atoms with E-state index < -0.39 is 0 Å². The fraction of sp³-hybridized carbons (Fsp3) is 0.500. The molecule has 1 aliphatic rings. The summed E-state index contributed by atoms with van der Waals surface area (Å²) in [5.41, 5.74) is 3.01. The third-order valence-electron chi connectivity index (χ3n) is 4.94. The Kier molecular flexibility index (Phi) is 4.17. The molecule has 1 saturated carbocycles. The predicted molar refractivity (Wildman–Crippen MR) is 97.4 cm³/mol. The third-order valence-corrected chi connectivity index (χ3v) is 4.94. The molecule has 2 N–H and O–H groups in total. The molecule has 4 rings (SSSR count). The van der Waals surface area contributed by atoms with E-state index in [1.54, 1.807) is 4.68 Å². The van der Waals surface area contributed by atoms with Crippen LogP contribution in [0.25, 0.3) is 22.2 Å². The molecule has 3 aromatic rings. The summed E-state index contributed by atoms with van der Waals surface area (Å²) < 4.78 is 3.92. The van der Waals surface area contributed by atoms with E-state index in [1.165, 1.54) is 0 Å². The fourth-order valence-corrected chi connectivity index (χ4v) is 3.65. The number of anilines is 1. The number of aryl methyl sites for hydroxylation is 1. The highest BCUT2D eigenvalue weighted by atomic mass is 16.3. The van der Waals surface area contributed by atoms with Crippen LogP contribution in [0, 0.1) is 0 Å². The van der Waals surface area contributed by atoms with Crippen molar-refractivity contribution >= 4 is 16.7 Å². The quantitative estimate of drug-likeness (QED) is 0.763. The smallest absolute Gasteiger partial charge is 0.128 e. The van der Waals surface area contributed by atoms with Crippen molar-refractivity contribution in [3.8, 4) is 11.3 Å². The van der Waals surface area contributed by atoms with Gasteiger partial charge in [0.2, 0.25) is 0 Å². The lowest BCUT2D eigenvalue weighted by Crippen LogP contribution is -2.21. The van der Waals surface area contributed by atoms with Crippen molar-refractivity contribution in [3.63, 3.8) is 0 Å². The molecule has 0 atom stereocenters. The van der Waals surface area contributed by atoms with Gasteiger partial charge in [0.15, 0.2) is 0 Å². The Morgan fingerprint density at radius 1 is 1.24 bits per heavy atom. The van der Waals surface area contributed by atoms with Crippen molar-refractivity contribution < 1.29 is 5.11 Å². The molecular formula is C18H24N6O. The van der Waals surface area contributed by atoms with Crippen molar-refractivity contribution in [1.29, 1.82) is 0 Å². The average molecular weight is 340 g/mol. The van der Waals surface area contributed by atoms with Gasteiger partial charge in [0.25, 0.3) is 0 Å². The minimum absolute atomic E-state index is 0.171. The molecule has 132 valence electrons. The molecule has 0 radical (unpaired) electrons. The molecule has 3 heterocycles. The van der Waals surface area contributed by atoms with Gasteiger partial charge in [-0.3, -0.25) is 9.36 Å². The summed E-state index contributed by atoms with van der Waals surface area (Å²) >= 11 is 0. The van der Waals surface area contributed by atoms with Crippen LogP contribution in [0.3, 0.4) is 0 Å². The molecular weight excluding hydrogens is 316 g/mol. The van der Waals surface area contributed by atoms with Crippen LogP contribution in [0.2, 0.25) is 0 Å². The Balaban J connectivity index is 1.83. The van der Waals surface area contributed by atoms with Crippen LogP contribution in [0.4, 0.5) is 5.82 Å². The lowest BCUT2D eigenvalue weighted by atomic mass is 9.93. The zero-order valence-corrected chi connectivity index (χ0v) is 14.7. The second kappa shape index (κ2) is 6.48. The number of fused-ring (bicyclic) bond motifs is 1. The van der Waals surface area contributed by atoms with Crippen molar-refractivity contribution in [3.05, 3.63) is 24.7 Å². The van der Waals surface area contributed by atoms with Crippen LogP contribution in [0.1, 0.15) is 38.6 Å². The maximum absolute atomic E-state index is 9.83. The molecule has 7 heteroatoms. The van der Waals surface area contributed by atoms with Gasteiger partial charge in [-0.15, -0.1) is 0 Å². The van der Waals surface area contributed by atoms with E-state index in [9.17, 15) is 5.11 Å². The van der Waals surface area contributed by atoms with E-state index in [0.29, 0.717) is 6.04 Å². The zero-order chi connectivity index (χ0) is 17.4. The fourth-order valence-electron chi connectivity index (χ4n) is 3.65. The van der Waals surface area contributed by atoms with Crippen LogP contribution in [-0.2, 0) is 7.05 Å². The molecule has 1 aliphatic carbocycles. The van der Waals surface area contributed by atoms with Gasteiger partial charge in [-0.25, -0.2) is 4.98 Å². The number of aliphatic hydroxyl groups is 1. The number of nitrogens with one attached hydrogen (secondary N) is 1. The highest BCUT2D eigenvalue weighted by Crippen LogP contribution is 2.35. The van der Waals surface area contributed by atoms with E-state index in [0.717, 1.165) is 60.2 Å². The van der Waals surface area contributed by atoms with Gasteiger partial charge in [0, 0.05) is 43.0 Å². The first-order valence-electron chi connectivity index (χ1n) is 8.95. The highest BCUT2D eigenvalue weighted by Gasteiger charge is 2.25. The SMILES string of the molecule is CCNc1cc2c(cn1)c(-c1cnn(C)c1)nn2[C@H]1CC[C@H](O)CC1. The lowest BCUT2D eigenvalue weighted by molar-refractivity contribution is 0.109. The van der Waals surface area contributed by atoms with Crippen LogP contribution in [0.15, 0.2) is 24.7 Å². The maximum atomic E-state index is 9.83. The standard InChI is InChI=1S/C18H24N6O/c1-3-19-17-8-16-15(10-20-17)18(12-9-21-23(2)11-12)22-24(16)13-4-6-14(25)7-5-13/h8-11,13-14,25H,3-7H2,1-2H3,(H,19,20)/t13-,14-. The van der Waals surface area contributed by atoms with Crippen LogP contribution >= 0.6 is 0 Å². The number of hydrogen-bond donors (Lipinski definition) is 2. The van der Waals surface area contributed by atoms with Crippen LogP contribution in [0.5, 0.6) is 0 Å². The summed E-state index contributed by atoms with van der Waals surface area (Å²) in [6.07, 6.45) is 9.11. The first kappa shape index (κ1) is 16.1. The van der Waals surface area contributed by atoms with Gasteiger partial charge >= 0.3 is 0 Å². The molecule has 0 saturated heterocycles. The molecule has 25 heavy (non-hydrogen) atoms. The van der Waals surface area contributed by atoms with Gasteiger partial charge < -0.3 is 10.4 Å². The normalized spacial score (nSPS) is 20.9. The van der Waals surface area contributed by atoms with Gasteiger partial charge in [0.05, 0.1) is 23.9 Å². The number of aromatic nitrogens is 5. The molecule has 0 amide bonds. The van der Waals surface area contributed by atoms with Gasteiger partial charge in [-0.1, -0.05) is 0 Å². The van der Waals surface area contributed by atoms with Gasteiger partial charge in [0.1, 0.15) is 11.5 Å². The second-order valence-electron chi connectivity index (χ2n) is 6.78. The first-order chi connectivity index (χ1) is 12.2. The molecule has 3 aromatic heterocycles. The van der Waals surface area contributed by atoms with Crippen molar-refractivity contribution in [2.75, 3.05) is 11.9 Å². The van der Waals surface area contributed by atoms with Crippen LogP contribution in [-0.4, -0.2) is 42.3 Å². The molecule has 0 aromatic carbocycles. The van der Waals surface area contributed by atoms with E-state index in [4.69, 9.17) is 5.10 Å². The molecule has 0 unspecified atom stereocenters. The summed E-state index contributed by atoms with van der Waals surface area (Å²) in [5.74, 6) is 0.865. The van der Waals surface area contributed by atoms with Crippen LogP contribution < -0.4 is 5.32 Å². The lowest BCUT2D eigenvalue weighted by Gasteiger charge is -2.26. The van der Waals surface area contributed by atoms with E-state index in [-0.39, 0.29) is 6.10 Å². The number of rotatable bonds is 4. The van der Waals surface area contributed by atoms with E-state index >= 15 is 0 Å². The Morgan fingerprint density at radius 2 is 2.04 bits per heavy atom. The average Bonchev–Trinajstić information content (AvgIpc) is 3.19. The largest absolute Gasteiger partial charge is 0.393 e. The van der Waals surface area contributed by atoms with Crippen molar-refractivity contribution in [2.24, 2.45) is 7.05 Å². The maximum Gasteiger partial charge on any atom is 0.128 e. The topological polar surface area (TPSA) is 80.8 Å². The van der Waals surface area contributed by atoms with Crippen molar-refractivity contribution in [1.82, 2.24) is 24.5 Å². The van der Waals surface area contributed by atoms with Gasteiger partial charge in [-0.05, 0) is 32.6 Å².